The molecule has 0 saturated carbocycles. The highest BCUT2D eigenvalue weighted by molar-refractivity contribution is 5.78. The van der Waals surface area contributed by atoms with Gasteiger partial charge in [-0.2, -0.15) is 0 Å². The second-order valence-corrected chi connectivity index (χ2v) is 7.12. The molecule has 0 heterocycles. The van der Waals surface area contributed by atoms with Gasteiger partial charge in [-0.25, -0.2) is 0 Å². The molecule has 16 heavy (non-hydrogen) atoms. The Kier molecular flexibility index (Phi) is 6.24. The molecule has 0 aliphatic carbocycles. The number of nitrogens with one attached hydrogen (secondary N) is 1. The molecular weight excluding hydrogens is 198 g/mol. The number of hydrogen-bond acceptors (Lipinski definition) is 2. The third kappa shape index (κ3) is 11.7. The van der Waals surface area contributed by atoms with E-state index in [4.69, 9.17) is 0 Å². The van der Waals surface area contributed by atoms with E-state index in [1.165, 1.54) is 0 Å². The van der Waals surface area contributed by atoms with Gasteiger partial charge >= 0.3 is 0 Å². The van der Waals surface area contributed by atoms with Crippen LogP contribution in [0.15, 0.2) is 0 Å². The number of ketones is 1. The van der Waals surface area contributed by atoms with Gasteiger partial charge in [0, 0.05) is 12.8 Å². The molecule has 0 bridgehead atoms. The molecule has 0 aromatic heterocycles. The zero-order chi connectivity index (χ0) is 12.8. The molecule has 0 aliphatic heterocycles. The molecule has 0 unspecified atom stereocenters. The molecule has 0 radical (unpaired) electrons. The Bertz CT molecular complexity index is 208. The SMILES string of the molecule is CC(C)(C)CNCCCC(=O)CC(C)(C)C. The number of Topliss-reactive ketones (excluding diaryl/α,β-unsaturated/α-hetero) is 1. The maximum atomic E-state index is 11.6. The van der Waals surface area contributed by atoms with Gasteiger partial charge < -0.3 is 5.32 Å². The van der Waals surface area contributed by atoms with Crippen molar-refractivity contribution in [3.05, 3.63) is 0 Å². The fraction of sp³-hybridized carbons (Fsp3) is 0.929. The summed E-state index contributed by atoms with van der Waals surface area (Å²) in [5.41, 5.74) is 0.464. The van der Waals surface area contributed by atoms with Crippen LogP contribution in [0.2, 0.25) is 0 Å². The van der Waals surface area contributed by atoms with Crippen LogP contribution < -0.4 is 5.32 Å². The van der Waals surface area contributed by atoms with E-state index in [0.29, 0.717) is 24.0 Å². The van der Waals surface area contributed by atoms with Crippen LogP contribution >= 0.6 is 0 Å². The van der Waals surface area contributed by atoms with Crippen LogP contribution in [0.3, 0.4) is 0 Å². The van der Waals surface area contributed by atoms with Gasteiger partial charge in [0.1, 0.15) is 5.78 Å². The monoisotopic (exact) mass is 227 g/mol. The number of hydrogen-bond donors (Lipinski definition) is 1. The molecule has 2 heteroatoms. The lowest BCUT2D eigenvalue weighted by molar-refractivity contribution is -0.120. The maximum absolute atomic E-state index is 11.6. The van der Waals surface area contributed by atoms with Gasteiger partial charge in [-0.15, -0.1) is 0 Å². The van der Waals surface area contributed by atoms with Crippen molar-refractivity contribution in [2.24, 2.45) is 10.8 Å². The molecule has 0 atom stereocenters. The molecule has 96 valence electrons. The molecule has 0 spiro atoms. The Morgan fingerprint density at radius 1 is 1.00 bits per heavy atom. The molecule has 0 amide bonds. The van der Waals surface area contributed by atoms with Gasteiger partial charge in [-0.1, -0.05) is 41.5 Å². The van der Waals surface area contributed by atoms with Crippen molar-refractivity contribution in [3.8, 4) is 0 Å². The zero-order valence-electron chi connectivity index (χ0n) is 11.9. The van der Waals surface area contributed by atoms with Gasteiger partial charge in [0.15, 0.2) is 0 Å². The van der Waals surface area contributed by atoms with E-state index in [1.54, 1.807) is 0 Å². The van der Waals surface area contributed by atoms with Crippen LogP contribution in [0.1, 0.15) is 60.8 Å². The molecule has 0 aliphatic rings. The standard InChI is InChI=1S/C14H29NO/c1-13(2,3)10-12(16)8-7-9-15-11-14(4,5)6/h15H,7-11H2,1-6H3. The molecule has 2 nitrogen and oxygen atoms in total. The quantitative estimate of drug-likeness (QED) is 0.705. The van der Waals surface area contributed by atoms with E-state index in [-0.39, 0.29) is 5.41 Å². The van der Waals surface area contributed by atoms with Gasteiger partial charge in [0.25, 0.3) is 0 Å². The largest absolute Gasteiger partial charge is 0.316 e. The highest BCUT2D eigenvalue weighted by atomic mass is 16.1. The Labute approximate surface area is 101 Å². The predicted octanol–water partition coefficient (Wildman–Crippen LogP) is 3.41. The van der Waals surface area contributed by atoms with E-state index >= 15 is 0 Å². The Morgan fingerprint density at radius 3 is 2.00 bits per heavy atom. The van der Waals surface area contributed by atoms with Crippen LogP contribution in [0.4, 0.5) is 0 Å². The minimum absolute atomic E-state index is 0.135. The zero-order valence-corrected chi connectivity index (χ0v) is 11.9. The highest BCUT2D eigenvalue weighted by Crippen LogP contribution is 2.19. The Hall–Kier alpha value is -0.370. The summed E-state index contributed by atoms with van der Waals surface area (Å²) in [6.07, 6.45) is 2.38. The van der Waals surface area contributed by atoms with Crippen LogP contribution in [-0.4, -0.2) is 18.9 Å². The van der Waals surface area contributed by atoms with Crippen LogP contribution in [0, 0.1) is 10.8 Å². The minimum Gasteiger partial charge on any atom is -0.316 e. The topological polar surface area (TPSA) is 29.1 Å². The van der Waals surface area contributed by atoms with E-state index in [2.05, 4.69) is 46.9 Å². The molecule has 0 saturated heterocycles. The number of carbonyl (C=O) groups excluding carboxylic acids is 1. The third-order valence-electron chi connectivity index (χ3n) is 2.19. The van der Waals surface area contributed by atoms with Crippen molar-refractivity contribution >= 4 is 5.78 Å². The van der Waals surface area contributed by atoms with E-state index < -0.39 is 0 Å². The lowest BCUT2D eigenvalue weighted by Crippen LogP contribution is -2.28. The number of carbonyl (C=O) groups is 1. The molecule has 1 N–H and O–H groups in total. The van der Waals surface area contributed by atoms with E-state index in [1.807, 2.05) is 0 Å². The van der Waals surface area contributed by atoms with Gasteiger partial charge in [-0.05, 0) is 30.3 Å². The fourth-order valence-corrected chi connectivity index (χ4v) is 1.55. The van der Waals surface area contributed by atoms with Crippen molar-refractivity contribution in [2.45, 2.75) is 60.8 Å². The summed E-state index contributed by atoms with van der Waals surface area (Å²) in [6, 6.07) is 0. The Balaban J connectivity index is 3.50. The summed E-state index contributed by atoms with van der Waals surface area (Å²) in [6.45, 7) is 14.9. The van der Waals surface area contributed by atoms with Crippen molar-refractivity contribution < 1.29 is 4.79 Å². The second kappa shape index (κ2) is 6.39. The molecular formula is C14H29NO. The van der Waals surface area contributed by atoms with Gasteiger partial charge in [0.2, 0.25) is 0 Å². The van der Waals surface area contributed by atoms with Crippen molar-refractivity contribution in [1.29, 1.82) is 0 Å². The van der Waals surface area contributed by atoms with E-state index in [9.17, 15) is 4.79 Å². The van der Waals surface area contributed by atoms with Crippen LogP contribution in [0.5, 0.6) is 0 Å². The lowest BCUT2D eigenvalue weighted by atomic mass is 9.89. The van der Waals surface area contributed by atoms with Gasteiger partial charge in [-0.3, -0.25) is 4.79 Å². The summed E-state index contributed by atoms with van der Waals surface area (Å²) in [4.78, 5) is 11.6. The minimum atomic E-state index is 0.135. The first-order valence-electron chi connectivity index (χ1n) is 6.33. The first-order chi connectivity index (χ1) is 7.10. The predicted molar refractivity (Wildman–Crippen MR) is 70.6 cm³/mol. The summed E-state index contributed by atoms with van der Waals surface area (Å²) >= 11 is 0. The summed E-state index contributed by atoms with van der Waals surface area (Å²) in [5, 5.41) is 3.39. The molecule has 0 rings (SSSR count). The maximum Gasteiger partial charge on any atom is 0.133 e. The third-order valence-corrected chi connectivity index (χ3v) is 2.19. The molecule has 0 fully saturated rings. The lowest BCUT2D eigenvalue weighted by Gasteiger charge is -2.19. The highest BCUT2D eigenvalue weighted by Gasteiger charge is 2.15. The molecule has 0 aromatic carbocycles. The Morgan fingerprint density at radius 2 is 1.56 bits per heavy atom. The van der Waals surface area contributed by atoms with Gasteiger partial charge in [0.05, 0.1) is 0 Å². The first-order valence-corrected chi connectivity index (χ1v) is 6.33. The molecule has 0 aromatic rings. The summed E-state index contributed by atoms with van der Waals surface area (Å²) < 4.78 is 0. The summed E-state index contributed by atoms with van der Waals surface area (Å²) in [5.74, 6) is 0.394. The van der Waals surface area contributed by atoms with Crippen LogP contribution in [-0.2, 0) is 4.79 Å². The first kappa shape index (κ1) is 15.6. The van der Waals surface area contributed by atoms with Crippen molar-refractivity contribution in [1.82, 2.24) is 5.32 Å². The van der Waals surface area contributed by atoms with E-state index in [0.717, 1.165) is 19.5 Å². The van der Waals surface area contributed by atoms with Crippen molar-refractivity contribution in [2.75, 3.05) is 13.1 Å². The van der Waals surface area contributed by atoms with Crippen LogP contribution in [0.25, 0.3) is 0 Å². The average Bonchev–Trinajstić information content (AvgIpc) is 1.97. The summed E-state index contributed by atoms with van der Waals surface area (Å²) in [7, 11) is 0. The average molecular weight is 227 g/mol. The smallest absolute Gasteiger partial charge is 0.133 e. The second-order valence-electron chi connectivity index (χ2n) is 7.12. The number of rotatable bonds is 6. The normalized spacial score (nSPS) is 12.9. The van der Waals surface area contributed by atoms with Crippen molar-refractivity contribution in [3.63, 3.8) is 0 Å². The fourth-order valence-electron chi connectivity index (χ4n) is 1.55.